The van der Waals surface area contributed by atoms with Gasteiger partial charge in [0.15, 0.2) is 0 Å². The molecule has 0 aliphatic carbocycles. The molecule has 1 aliphatic rings. The normalized spacial score (nSPS) is 19.0. The summed E-state index contributed by atoms with van der Waals surface area (Å²) in [4.78, 5) is 2.32. The lowest BCUT2D eigenvalue weighted by molar-refractivity contribution is -0.0630. The van der Waals surface area contributed by atoms with E-state index in [0.29, 0.717) is 0 Å². The standard InChI is InChI=1S/C17H27NO2/c1-4-5-14-6-8-15(9-7-14)16(19)17(2,3)18-10-12-20-13-11-18/h6-9,16,19H,4-5,10-13H2,1-3H3. The molecular weight excluding hydrogens is 250 g/mol. The first-order chi connectivity index (χ1) is 9.55. The maximum atomic E-state index is 10.7. The maximum Gasteiger partial charge on any atom is 0.0968 e. The van der Waals surface area contributed by atoms with E-state index in [4.69, 9.17) is 4.74 Å². The van der Waals surface area contributed by atoms with Crippen molar-refractivity contribution in [3.63, 3.8) is 0 Å². The number of aliphatic hydroxyl groups excluding tert-OH is 1. The van der Waals surface area contributed by atoms with E-state index in [1.807, 2.05) is 0 Å². The summed E-state index contributed by atoms with van der Waals surface area (Å²) in [6, 6.07) is 8.41. The molecule has 1 heterocycles. The van der Waals surface area contributed by atoms with Gasteiger partial charge in [-0.05, 0) is 31.4 Å². The minimum atomic E-state index is -0.476. The molecule has 1 aliphatic heterocycles. The van der Waals surface area contributed by atoms with Crippen molar-refractivity contribution in [1.29, 1.82) is 0 Å². The van der Waals surface area contributed by atoms with Crippen LogP contribution in [-0.2, 0) is 11.2 Å². The van der Waals surface area contributed by atoms with Gasteiger partial charge in [-0.25, -0.2) is 0 Å². The van der Waals surface area contributed by atoms with E-state index in [1.165, 1.54) is 5.56 Å². The van der Waals surface area contributed by atoms with Crippen LogP contribution in [-0.4, -0.2) is 41.8 Å². The number of rotatable bonds is 5. The van der Waals surface area contributed by atoms with Gasteiger partial charge in [-0.2, -0.15) is 0 Å². The second kappa shape index (κ2) is 6.70. The molecule has 1 fully saturated rings. The van der Waals surface area contributed by atoms with E-state index in [0.717, 1.165) is 44.7 Å². The third kappa shape index (κ3) is 3.40. The molecule has 20 heavy (non-hydrogen) atoms. The minimum absolute atomic E-state index is 0.268. The molecule has 0 aromatic heterocycles. The molecule has 1 unspecified atom stereocenters. The van der Waals surface area contributed by atoms with Gasteiger partial charge in [-0.1, -0.05) is 37.6 Å². The highest BCUT2D eigenvalue weighted by Crippen LogP contribution is 2.31. The molecule has 112 valence electrons. The maximum absolute atomic E-state index is 10.7. The Balaban J connectivity index is 2.09. The van der Waals surface area contributed by atoms with Crippen LogP contribution in [0.1, 0.15) is 44.4 Å². The first-order valence-corrected chi connectivity index (χ1v) is 7.65. The van der Waals surface area contributed by atoms with Gasteiger partial charge in [-0.15, -0.1) is 0 Å². The lowest BCUT2D eigenvalue weighted by Gasteiger charge is -2.43. The predicted molar refractivity (Wildman–Crippen MR) is 81.9 cm³/mol. The molecule has 1 atom stereocenters. The molecular formula is C17H27NO2. The van der Waals surface area contributed by atoms with E-state index in [-0.39, 0.29) is 5.54 Å². The van der Waals surface area contributed by atoms with Gasteiger partial charge in [0.25, 0.3) is 0 Å². The van der Waals surface area contributed by atoms with E-state index in [1.54, 1.807) is 0 Å². The number of aliphatic hydroxyl groups is 1. The average Bonchev–Trinajstić information content (AvgIpc) is 2.48. The lowest BCUT2D eigenvalue weighted by atomic mass is 9.88. The molecule has 1 aromatic rings. The highest BCUT2D eigenvalue weighted by atomic mass is 16.5. The Morgan fingerprint density at radius 1 is 1.20 bits per heavy atom. The van der Waals surface area contributed by atoms with Gasteiger partial charge in [0.1, 0.15) is 0 Å². The van der Waals surface area contributed by atoms with Gasteiger partial charge >= 0.3 is 0 Å². The Kier molecular flexibility index (Phi) is 5.19. The smallest absolute Gasteiger partial charge is 0.0968 e. The number of hydrogen-bond acceptors (Lipinski definition) is 3. The Labute approximate surface area is 122 Å². The van der Waals surface area contributed by atoms with Gasteiger partial charge in [0.05, 0.1) is 19.3 Å². The number of benzene rings is 1. The van der Waals surface area contributed by atoms with E-state index in [9.17, 15) is 5.11 Å². The fraction of sp³-hybridized carbons (Fsp3) is 0.647. The second-order valence-corrected chi connectivity index (χ2v) is 6.15. The largest absolute Gasteiger partial charge is 0.386 e. The summed E-state index contributed by atoms with van der Waals surface area (Å²) in [6.45, 7) is 9.70. The zero-order valence-electron chi connectivity index (χ0n) is 12.9. The summed E-state index contributed by atoms with van der Waals surface area (Å²) in [7, 11) is 0. The summed E-state index contributed by atoms with van der Waals surface area (Å²) < 4.78 is 5.40. The predicted octanol–water partition coefficient (Wildman–Crippen LogP) is 2.78. The topological polar surface area (TPSA) is 32.7 Å². The SMILES string of the molecule is CCCc1ccc(C(O)C(C)(C)N2CCOCC2)cc1. The van der Waals surface area contributed by atoms with E-state index < -0.39 is 6.10 Å². The second-order valence-electron chi connectivity index (χ2n) is 6.15. The summed E-state index contributed by atoms with van der Waals surface area (Å²) in [6.07, 6.45) is 1.78. The fourth-order valence-corrected chi connectivity index (χ4v) is 2.88. The zero-order chi connectivity index (χ0) is 14.6. The molecule has 0 spiro atoms. The van der Waals surface area contributed by atoms with E-state index >= 15 is 0 Å². The first kappa shape index (κ1) is 15.5. The number of nitrogens with zero attached hydrogens (tertiary/aromatic N) is 1. The average molecular weight is 277 g/mol. The van der Waals surface area contributed by atoms with Crippen molar-refractivity contribution in [2.24, 2.45) is 0 Å². The van der Waals surface area contributed by atoms with E-state index in [2.05, 4.69) is 49.9 Å². The van der Waals surface area contributed by atoms with Crippen LogP contribution in [0.25, 0.3) is 0 Å². The van der Waals surface area contributed by atoms with Crippen LogP contribution < -0.4 is 0 Å². The van der Waals surface area contributed by atoms with Crippen LogP contribution in [0.2, 0.25) is 0 Å². The third-order valence-electron chi connectivity index (χ3n) is 4.33. The number of ether oxygens (including phenoxy) is 1. The summed E-state index contributed by atoms with van der Waals surface area (Å²) >= 11 is 0. The molecule has 2 rings (SSSR count). The van der Waals surface area contributed by atoms with Crippen molar-refractivity contribution in [2.45, 2.75) is 45.3 Å². The Bertz CT molecular complexity index is 408. The highest BCUT2D eigenvalue weighted by molar-refractivity contribution is 5.26. The molecule has 1 N–H and O–H groups in total. The van der Waals surface area contributed by atoms with Gasteiger partial charge < -0.3 is 9.84 Å². The highest BCUT2D eigenvalue weighted by Gasteiger charge is 2.35. The van der Waals surface area contributed by atoms with Crippen molar-refractivity contribution in [3.05, 3.63) is 35.4 Å². The van der Waals surface area contributed by atoms with Crippen LogP contribution >= 0.6 is 0 Å². The summed E-state index contributed by atoms with van der Waals surface area (Å²) in [5.41, 5.74) is 2.07. The number of aryl methyl sites for hydroxylation is 1. The van der Waals surface area contributed by atoms with Crippen molar-refractivity contribution in [2.75, 3.05) is 26.3 Å². The zero-order valence-corrected chi connectivity index (χ0v) is 12.9. The number of morpholine rings is 1. The first-order valence-electron chi connectivity index (χ1n) is 7.65. The monoisotopic (exact) mass is 277 g/mol. The molecule has 0 saturated carbocycles. The fourth-order valence-electron chi connectivity index (χ4n) is 2.88. The summed E-state index contributed by atoms with van der Waals surface area (Å²) in [5, 5.41) is 10.7. The van der Waals surface area contributed by atoms with Crippen molar-refractivity contribution < 1.29 is 9.84 Å². The van der Waals surface area contributed by atoms with Crippen LogP contribution in [0.5, 0.6) is 0 Å². The van der Waals surface area contributed by atoms with Crippen LogP contribution in [0, 0.1) is 0 Å². The molecule has 0 radical (unpaired) electrons. The molecule has 1 saturated heterocycles. The van der Waals surface area contributed by atoms with Crippen molar-refractivity contribution in [3.8, 4) is 0 Å². The van der Waals surface area contributed by atoms with Crippen LogP contribution in [0.4, 0.5) is 0 Å². The summed E-state index contributed by atoms with van der Waals surface area (Å²) in [5.74, 6) is 0. The Morgan fingerprint density at radius 2 is 1.80 bits per heavy atom. The molecule has 1 aromatic carbocycles. The Hall–Kier alpha value is -0.900. The Morgan fingerprint density at radius 3 is 2.35 bits per heavy atom. The third-order valence-corrected chi connectivity index (χ3v) is 4.33. The van der Waals surface area contributed by atoms with Crippen LogP contribution in [0.3, 0.4) is 0 Å². The molecule has 0 amide bonds. The van der Waals surface area contributed by atoms with Gasteiger partial charge in [-0.3, -0.25) is 4.90 Å². The molecule has 3 heteroatoms. The van der Waals surface area contributed by atoms with Crippen molar-refractivity contribution >= 4 is 0 Å². The number of hydrogen-bond donors (Lipinski definition) is 1. The molecule has 0 bridgehead atoms. The molecule has 3 nitrogen and oxygen atoms in total. The quantitative estimate of drug-likeness (QED) is 0.898. The minimum Gasteiger partial charge on any atom is -0.386 e. The van der Waals surface area contributed by atoms with Gasteiger partial charge in [0.2, 0.25) is 0 Å². The van der Waals surface area contributed by atoms with Crippen LogP contribution in [0.15, 0.2) is 24.3 Å². The van der Waals surface area contributed by atoms with Gasteiger partial charge in [0, 0.05) is 18.6 Å². The van der Waals surface area contributed by atoms with Crippen molar-refractivity contribution in [1.82, 2.24) is 4.90 Å². The lowest BCUT2D eigenvalue weighted by Crippen LogP contribution is -2.53.